The molecule has 2 aromatic carbocycles. The summed E-state index contributed by atoms with van der Waals surface area (Å²) >= 11 is 1.49. The summed E-state index contributed by atoms with van der Waals surface area (Å²) in [6.45, 7) is 0.469. The number of hydrogen-bond donors (Lipinski definition) is 0. The van der Waals surface area contributed by atoms with Crippen LogP contribution in [0.4, 0.5) is 5.00 Å². The molecule has 0 N–H and O–H groups in total. The summed E-state index contributed by atoms with van der Waals surface area (Å²) in [5, 5.41) is 10.9. The van der Waals surface area contributed by atoms with Gasteiger partial charge in [0.25, 0.3) is 10.0 Å². The minimum absolute atomic E-state index is 0.171. The summed E-state index contributed by atoms with van der Waals surface area (Å²) < 4.78 is 29.3. The second kappa shape index (κ2) is 6.75. The van der Waals surface area contributed by atoms with Crippen LogP contribution in [-0.4, -0.2) is 15.0 Å². The zero-order chi connectivity index (χ0) is 18.1. The largest absolute Gasteiger partial charge is 0.264 e. The van der Waals surface area contributed by atoms with Crippen molar-refractivity contribution in [3.05, 3.63) is 60.2 Å². The van der Waals surface area contributed by atoms with Gasteiger partial charge < -0.3 is 0 Å². The molecule has 1 fully saturated rings. The number of rotatable bonds is 6. The summed E-state index contributed by atoms with van der Waals surface area (Å²) in [6, 6.07) is 18.1. The van der Waals surface area contributed by atoms with Crippen LogP contribution in [0.1, 0.15) is 24.8 Å². The first kappa shape index (κ1) is 17.1. The van der Waals surface area contributed by atoms with E-state index in [1.54, 1.807) is 18.2 Å². The van der Waals surface area contributed by atoms with Crippen molar-refractivity contribution < 1.29 is 8.42 Å². The quantitative estimate of drug-likeness (QED) is 0.617. The summed E-state index contributed by atoms with van der Waals surface area (Å²) in [5.74, 6) is 0.632. The van der Waals surface area contributed by atoms with E-state index in [-0.39, 0.29) is 4.90 Å². The van der Waals surface area contributed by atoms with Gasteiger partial charge in [0, 0.05) is 11.2 Å². The van der Waals surface area contributed by atoms with E-state index in [1.807, 2.05) is 36.4 Å². The van der Waals surface area contributed by atoms with E-state index in [0.717, 1.165) is 21.5 Å². The standard InChI is InChI=1S/C20H18N2O2S2/c21-14-16-4-3-6-18(12-16)26(23,24)22(11-10-15-8-9-15)20-13-17-5-1-2-7-19(17)25-20/h1-7,12-13,15H,8-11H2. The predicted molar refractivity (Wildman–Crippen MR) is 105 cm³/mol. The Balaban J connectivity index is 1.77. The molecule has 1 aliphatic carbocycles. The third-order valence-electron chi connectivity index (χ3n) is 4.65. The molecule has 0 aliphatic heterocycles. The van der Waals surface area contributed by atoms with Gasteiger partial charge in [-0.15, -0.1) is 11.3 Å². The molecular formula is C20H18N2O2S2. The molecule has 26 heavy (non-hydrogen) atoms. The van der Waals surface area contributed by atoms with Crippen LogP contribution in [0.5, 0.6) is 0 Å². The highest BCUT2D eigenvalue weighted by atomic mass is 32.2. The molecular weight excluding hydrogens is 364 g/mol. The van der Waals surface area contributed by atoms with Gasteiger partial charge in [0.05, 0.1) is 16.5 Å². The van der Waals surface area contributed by atoms with Crippen LogP contribution >= 0.6 is 11.3 Å². The van der Waals surface area contributed by atoms with E-state index in [9.17, 15) is 8.42 Å². The van der Waals surface area contributed by atoms with Gasteiger partial charge in [0.1, 0.15) is 5.00 Å². The Bertz CT molecular complexity index is 1060. The van der Waals surface area contributed by atoms with E-state index in [1.165, 1.54) is 34.6 Å². The van der Waals surface area contributed by atoms with Crippen molar-refractivity contribution in [3.8, 4) is 6.07 Å². The van der Waals surface area contributed by atoms with E-state index in [4.69, 9.17) is 5.26 Å². The van der Waals surface area contributed by atoms with Crippen LogP contribution in [0.25, 0.3) is 10.1 Å². The van der Waals surface area contributed by atoms with Crippen molar-refractivity contribution in [1.29, 1.82) is 5.26 Å². The second-order valence-corrected chi connectivity index (χ2v) is 9.50. The van der Waals surface area contributed by atoms with Gasteiger partial charge in [-0.05, 0) is 48.1 Å². The van der Waals surface area contributed by atoms with Gasteiger partial charge in [-0.3, -0.25) is 4.31 Å². The maximum Gasteiger partial charge on any atom is 0.264 e. The zero-order valence-corrected chi connectivity index (χ0v) is 15.8. The molecule has 1 aromatic heterocycles. The number of hydrogen-bond acceptors (Lipinski definition) is 4. The molecule has 0 spiro atoms. The Morgan fingerprint density at radius 1 is 1.12 bits per heavy atom. The Morgan fingerprint density at radius 2 is 1.92 bits per heavy atom. The van der Waals surface area contributed by atoms with Crippen molar-refractivity contribution in [2.75, 3.05) is 10.8 Å². The monoisotopic (exact) mass is 382 g/mol. The molecule has 0 radical (unpaired) electrons. The predicted octanol–water partition coefficient (Wildman–Crippen LogP) is 4.77. The van der Waals surface area contributed by atoms with Crippen molar-refractivity contribution in [2.24, 2.45) is 5.92 Å². The number of nitrogens with zero attached hydrogens (tertiary/aromatic N) is 2. The highest BCUT2D eigenvalue weighted by Crippen LogP contribution is 2.38. The smallest absolute Gasteiger partial charge is 0.257 e. The summed E-state index contributed by atoms with van der Waals surface area (Å²) in [7, 11) is -3.71. The molecule has 3 aromatic rings. The lowest BCUT2D eigenvalue weighted by molar-refractivity contribution is 0.587. The van der Waals surface area contributed by atoms with Crippen molar-refractivity contribution in [3.63, 3.8) is 0 Å². The van der Waals surface area contributed by atoms with E-state index in [0.29, 0.717) is 18.0 Å². The average molecular weight is 383 g/mol. The number of benzene rings is 2. The Kier molecular flexibility index (Phi) is 4.43. The average Bonchev–Trinajstić information content (AvgIpc) is 3.38. The number of thiophene rings is 1. The highest BCUT2D eigenvalue weighted by Gasteiger charge is 2.29. The lowest BCUT2D eigenvalue weighted by atomic mass is 10.2. The maximum atomic E-state index is 13.3. The molecule has 0 bridgehead atoms. The molecule has 1 aliphatic rings. The maximum absolute atomic E-state index is 13.3. The molecule has 1 saturated carbocycles. The molecule has 4 rings (SSSR count). The Hall–Kier alpha value is -2.36. The highest BCUT2D eigenvalue weighted by molar-refractivity contribution is 7.93. The van der Waals surface area contributed by atoms with Crippen LogP contribution in [0, 0.1) is 17.2 Å². The fourth-order valence-electron chi connectivity index (χ4n) is 3.00. The van der Waals surface area contributed by atoms with Gasteiger partial charge in [0.15, 0.2) is 0 Å². The van der Waals surface area contributed by atoms with E-state index in [2.05, 4.69) is 0 Å². The Morgan fingerprint density at radius 3 is 2.65 bits per heavy atom. The minimum Gasteiger partial charge on any atom is -0.257 e. The van der Waals surface area contributed by atoms with Crippen molar-refractivity contribution in [1.82, 2.24) is 0 Å². The van der Waals surface area contributed by atoms with Gasteiger partial charge in [-0.25, -0.2) is 8.42 Å². The molecule has 6 heteroatoms. The van der Waals surface area contributed by atoms with Crippen molar-refractivity contribution >= 4 is 36.4 Å². The van der Waals surface area contributed by atoms with Gasteiger partial charge >= 0.3 is 0 Å². The first-order valence-corrected chi connectivity index (χ1v) is 10.8. The van der Waals surface area contributed by atoms with Crippen LogP contribution in [0.3, 0.4) is 0 Å². The molecule has 0 saturated heterocycles. The van der Waals surface area contributed by atoms with Crippen molar-refractivity contribution in [2.45, 2.75) is 24.2 Å². The molecule has 0 atom stereocenters. The van der Waals surface area contributed by atoms with Crippen LogP contribution in [0.15, 0.2) is 59.5 Å². The Labute approximate surface area is 157 Å². The van der Waals surface area contributed by atoms with E-state index < -0.39 is 10.0 Å². The fraction of sp³-hybridized carbons (Fsp3) is 0.250. The number of anilines is 1. The first-order valence-electron chi connectivity index (χ1n) is 8.59. The molecule has 4 nitrogen and oxygen atoms in total. The lowest BCUT2D eigenvalue weighted by Crippen LogP contribution is -2.31. The normalized spacial score (nSPS) is 14.3. The summed E-state index contributed by atoms with van der Waals surface area (Å²) in [6.07, 6.45) is 3.24. The first-order chi connectivity index (χ1) is 12.6. The SMILES string of the molecule is N#Cc1cccc(S(=O)(=O)N(CCC2CC2)c2cc3ccccc3s2)c1. The topological polar surface area (TPSA) is 61.2 Å². The third kappa shape index (κ3) is 3.33. The molecule has 1 heterocycles. The summed E-state index contributed by atoms with van der Waals surface area (Å²) in [4.78, 5) is 0.171. The van der Waals surface area contributed by atoms with Gasteiger partial charge in [-0.2, -0.15) is 5.26 Å². The zero-order valence-electron chi connectivity index (χ0n) is 14.1. The third-order valence-corrected chi connectivity index (χ3v) is 7.71. The van der Waals surface area contributed by atoms with Crippen LogP contribution < -0.4 is 4.31 Å². The van der Waals surface area contributed by atoms with Crippen LogP contribution in [-0.2, 0) is 10.0 Å². The van der Waals surface area contributed by atoms with E-state index >= 15 is 0 Å². The minimum atomic E-state index is -3.71. The number of fused-ring (bicyclic) bond motifs is 1. The fourth-order valence-corrected chi connectivity index (χ4v) is 5.82. The molecule has 0 unspecified atom stereocenters. The lowest BCUT2D eigenvalue weighted by Gasteiger charge is -2.23. The number of nitriles is 1. The number of sulfonamides is 1. The second-order valence-electron chi connectivity index (χ2n) is 6.57. The van der Waals surface area contributed by atoms with Gasteiger partial charge in [-0.1, -0.05) is 37.1 Å². The van der Waals surface area contributed by atoms with Gasteiger partial charge in [0.2, 0.25) is 0 Å². The summed E-state index contributed by atoms with van der Waals surface area (Å²) in [5.41, 5.74) is 0.351. The van der Waals surface area contributed by atoms with Crippen LogP contribution in [0.2, 0.25) is 0 Å². The molecule has 132 valence electrons. The molecule has 0 amide bonds.